The second kappa shape index (κ2) is 8.58. The molecule has 3 aromatic rings. The van der Waals surface area contributed by atoms with Crippen molar-refractivity contribution in [1.29, 1.82) is 0 Å². The van der Waals surface area contributed by atoms with Gasteiger partial charge in [-0.1, -0.05) is 0 Å². The topological polar surface area (TPSA) is 96.0 Å². The van der Waals surface area contributed by atoms with Crippen LogP contribution in [0.15, 0.2) is 36.7 Å². The molecule has 0 aliphatic carbocycles. The van der Waals surface area contributed by atoms with E-state index < -0.39 is 0 Å². The molecule has 0 aromatic carbocycles. The normalized spacial score (nSPS) is 16.5. The molecular formula is C21H23FN6O2. The van der Waals surface area contributed by atoms with Gasteiger partial charge in [0.15, 0.2) is 0 Å². The monoisotopic (exact) mass is 410 g/mol. The molecule has 0 spiro atoms. The van der Waals surface area contributed by atoms with E-state index in [4.69, 9.17) is 4.74 Å². The number of amides is 1. The molecular weight excluding hydrogens is 387 g/mol. The van der Waals surface area contributed by atoms with E-state index in [9.17, 15) is 9.18 Å². The van der Waals surface area contributed by atoms with Crippen LogP contribution in [0.5, 0.6) is 0 Å². The van der Waals surface area contributed by atoms with Crippen LogP contribution in [0.1, 0.15) is 28.7 Å². The predicted molar refractivity (Wildman–Crippen MR) is 109 cm³/mol. The highest BCUT2D eigenvalue weighted by Crippen LogP contribution is 2.23. The van der Waals surface area contributed by atoms with Gasteiger partial charge in [0.05, 0.1) is 49.0 Å². The number of H-pyrrole nitrogens is 1. The molecule has 0 radical (unpaired) electrons. The van der Waals surface area contributed by atoms with Gasteiger partial charge in [-0.3, -0.25) is 14.9 Å². The molecule has 1 amide bonds. The van der Waals surface area contributed by atoms with Crippen molar-refractivity contribution in [3.8, 4) is 0 Å². The summed E-state index contributed by atoms with van der Waals surface area (Å²) in [5.74, 6) is 0.193. The molecule has 1 atom stereocenters. The number of rotatable bonds is 5. The molecule has 0 saturated carbocycles. The van der Waals surface area contributed by atoms with Gasteiger partial charge in [-0.15, -0.1) is 0 Å². The van der Waals surface area contributed by atoms with Crippen molar-refractivity contribution in [3.63, 3.8) is 0 Å². The number of carbonyl (C=O) groups is 1. The number of aromatic amines is 1. The summed E-state index contributed by atoms with van der Waals surface area (Å²) >= 11 is 0. The highest BCUT2D eigenvalue weighted by atomic mass is 19.1. The molecule has 1 fully saturated rings. The van der Waals surface area contributed by atoms with Crippen molar-refractivity contribution in [2.75, 3.05) is 25.0 Å². The third-order valence-corrected chi connectivity index (χ3v) is 5.14. The Morgan fingerprint density at radius 3 is 2.80 bits per heavy atom. The van der Waals surface area contributed by atoms with E-state index in [2.05, 4.69) is 25.5 Å². The van der Waals surface area contributed by atoms with Crippen LogP contribution < -0.4 is 5.32 Å². The lowest BCUT2D eigenvalue weighted by atomic mass is 10.1. The zero-order valence-electron chi connectivity index (χ0n) is 16.9. The molecule has 4 rings (SSSR count). The van der Waals surface area contributed by atoms with Crippen LogP contribution in [-0.4, -0.2) is 50.7 Å². The Balaban J connectivity index is 1.39. The van der Waals surface area contributed by atoms with Gasteiger partial charge in [0.25, 0.3) is 0 Å². The zero-order valence-corrected chi connectivity index (χ0v) is 16.9. The highest BCUT2D eigenvalue weighted by molar-refractivity contribution is 5.79. The highest BCUT2D eigenvalue weighted by Gasteiger charge is 2.27. The number of hydrogen-bond donors (Lipinski definition) is 2. The molecule has 30 heavy (non-hydrogen) atoms. The third-order valence-electron chi connectivity index (χ3n) is 5.14. The number of morpholine rings is 1. The minimum atomic E-state index is -0.388. The van der Waals surface area contributed by atoms with Gasteiger partial charge in [0.2, 0.25) is 5.91 Å². The molecule has 1 saturated heterocycles. The minimum Gasteiger partial charge on any atom is -0.368 e. The number of aromatic nitrogens is 4. The quantitative estimate of drug-likeness (QED) is 0.672. The third kappa shape index (κ3) is 4.46. The number of ether oxygens (including phenoxy) is 1. The molecule has 2 N–H and O–H groups in total. The average molecular weight is 410 g/mol. The van der Waals surface area contributed by atoms with Crippen molar-refractivity contribution >= 4 is 17.4 Å². The number of hydrogen-bond acceptors (Lipinski definition) is 6. The summed E-state index contributed by atoms with van der Waals surface area (Å²) in [7, 11) is 0. The second-order valence-electron chi connectivity index (χ2n) is 7.25. The first-order chi connectivity index (χ1) is 14.5. The number of halogens is 1. The van der Waals surface area contributed by atoms with Crippen LogP contribution in [0.3, 0.4) is 0 Å². The van der Waals surface area contributed by atoms with Crippen molar-refractivity contribution < 1.29 is 13.9 Å². The Morgan fingerprint density at radius 1 is 1.27 bits per heavy atom. The Hall–Kier alpha value is -3.33. The number of carbonyl (C=O) groups excluding carboxylic acids is 1. The van der Waals surface area contributed by atoms with E-state index in [1.54, 1.807) is 12.3 Å². The van der Waals surface area contributed by atoms with E-state index in [0.29, 0.717) is 31.9 Å². The van der Waals surface area contributed by atoms with E-state index >= 15 is 0 Å². The van der Waals surface area contributed by atoms with Crippen LogP contribution in [0, 0.1) is 19.7 Å². The molecule has 156 valence electrons. The van der Waals surface area contributed by atoms with Crippen molar-refractivity contribution in [1.82, 2.24) is 25.1 Å². The first kappa shape index (κ1) is 20.0. The lowest BCUT2D eigenvalue weighted by Crippen LogP contribution is -2.43. The van der Waals surface area contributed by atoms with Crippen molar-refractivity contribution in [2.45, 2.75) is 26.4 Å². The van der Waals surface area contributed by atoms with Gasteiger partial charge in [0.1, 0.15) is 17.7 Å². The average Bonchev–Trinajstić information content (AvgIpc) is 3.08. The molecule has 0 bridgehead atoms. The SMILES string of the molecule is Cc1n[nH]c(C)c1CC(=O)N1CCO[C@H](c2ccc(Nc3ccc(F)cn3)cn2)C1. The van der Waals surface area contributed by atoms with Gasteiger partial charge in [-0.2, -0.15) is 5.10 Å². The Labute approximate surface area is 173 Å². The van der Waals surface area contributed by atoms with E-state index in [-0.39, 0.29) is 17.8 Å². The first-order valence-electron chi connectivity index (χ1n) is 9.74. The maximum atomic E-state index is 13.0. The minimum absolute atomic E-state index is 0.0524. The lowest BCUT2D eigenvalue weighted by Gasteiger charge is -2.32. The number of anilines is 2. The van der Waals surface area contributed by atoms with Crippen LogP contribution in [0.2, 0.25) is 0 Å². The van der Waals surface area contributed by atoms with E-state index in [1.807, 2.05) is 30.9 Å². The lowest BCUT2D eigenvalue weighted by molar-refractivity contribution is -0.138. The first-order valence-corrected chi connectivity index (χ1v) is 9.74. The van der Waals surface area contributed by atoms with Gasteiger partial charge in [-0.05, 0) is 38.1 Å². The number of aryl methyl sites for hydroxylation is 2. The van der Waals surface area contributed by atoms with Gasteiger partial charge >= 0.3 is 0 Å². The summed E-state index contributed by atoms with van der Waals surface area (Å²) in [5, 5.41) is 10.1. The van der Waals surface area contributed by atoms with Crippen LogP contribution in [-0.2, 0) is 16.0 Å². The van der Waals surface area contributed by atoms with Gasteiger partial charge < -0.3 is 15.0 Å². The number of nitrogens with zero attached hydrogens (tertiary/aromatic N) is 4. The summed E-state index contributed by atoms with van der Waals surface area (Å²) in [5.41, 5.74) is 4.21. The molecule has 1 aliphatic heterocycles. The smallest absolute Gasteiger partial charge is 0.227 e. The fourth-order valence-corrected chi connectivity index (χ4v) is 3.42. The van der Waals surface area contributed by atoms with Gasteiger partial charge in [-0.25, -0.2) is 9.37 Å². The van der Waals surface area contributed by atoms with Crippen LogP contribution in [0.25, 0.3) is 0 Å². The Kier molecular flexibility index (Phi) is 5.71. The predicted octanol–water partition coefficient (Wildman–Crippen LogP) is 2.84. The summed E-state index contributed by atoms with van der Waals surface area (Å²) in [6.45, 7) is 5.29. The zero-order chi connectivity index (χ0) is 21.1. The fraction of sp³-hybridized carbons (Fsp3) is 0.333. The van der Waals surface area contributed by atoms with E-state index in [0.717, 1.165) is 34.5 Å². The fourth-order valence-electron chi connectivity index (χ4n) is 3.42. The summed E-state index contributed by atoms with van der Waals surface area (Å²) in [6, 6.07) is 6.61. The van der Waals surface area contributed by atoms with Crippen molar-refractivity contribution in [3.05, 3.63) is 65.1 Å². The molecule has 9 heteroatoms. The van der Waals surface area contributed by atoms with Gasteiger partial charge in [0, 0.05) is 17.8 Å². The molecule has 1 aliphatic rings. The molecule has 8 nitrogen and oxygen atoms in total. The largest absolute Gasteiger partial charge is 0.368 e. The standard InChI is InChI=1S/C21H23FN6O2/c1-13-17(14(2)27-26-13)9-21(29)28-7-8-30-19(12-28)18-5-4-16(11-23-18)25-20-6-3-15(22)10-24-20/h3-6,10-11,19H,7-9,12H2,1-2H3,(H,24,25)(H,26,27)/t19-/m0/s1. The maximum Gasteiger partial charge on any atom is 0.227 e. The summed E-state index contributed by atoms with van der Waals surface area (Å²) in [4.78, 5) is 23.0. The molecule has 3 aromatic heterocycles. The summed E-state index contributed by atoms with van der Waals surface area (Å²) in [6.07, 6.45) is 2.86. The summed E-state index contributed by atoms with van der Waals surface area (Å²) < 4.78 is 18.8. The Morgan fingerprint density at radius 2 is 2.13 bits per heavy atom. The second-order valence-corrected chi connectivity index (χ2v) is 7.25. The number of pyridine rings is 2. The van der Waals surface area contributed by atoms with Crippen LogP contribution in [0.4, 0.5) is 15.9 Å². The number of nitrogens with one attached hydrogen (secondary N) is 2. The van der Waals surface area contributed by atoms with Crippen molar-refractivity contribution in [2.24, 2.45) is 0 Å². The molecule has 0 unspecified atom stereocenters. The van der Waals surface area contributed by atoms with E-state index in [1.165, 1.54) is 6.07 Å². The van der Waals surface area contributed by atoms with Crippen LogP contribution >= 0.6 is 0 Å². The Bertz CT molecular complexity index is 999. The molecule has 4 heterocycles. The maximum absolute atomic E-state index is 13.0.